The van der Waals surface area contributed by atoms with Gasteiger partial charge in [0.25, 0.3) is 11.4 Å². The van der Waals surface area contributed by atoms with Crippen molar-refractivity contribution >= 4 is 23.2 Å². The molecule has 0 aliphatic carbocycles. The number of anilines is 1. The molecule has 0 fully saturated rings. The highest BCUT2D eigenvalue weighted by molar-refractivity contribution is 5.91. The Bertz CT molecular complexity index is 616. The third-order valence-corrected chi connectivity index (χ3v) is 3.47. The molecule has 120 valence electrons. The molecule has 0 saturated heterocycles. The molecule has 0 heterocycles. The van der Waals surface area contributed by atoms with Crippen LogP contribution in [0.1, 0.15) is 38.7 Å². The fraction of sp³-hybridized carbons (Fsp3) is 0.462. The first kappa shape index (κ1) is 17.3. The second-order valence-electron chi connectivity index (χ2n) is 4.75. The van der Waals surface area contributed by atoms with E-state index in [1.165, 1.54) is 6.07 Å². The van der Waals surface area contributed by atoms with Gasteiger partial charge in [0.2, 0.25) is 0 Å². The van der Waals surface area contributed by atoms with Crippen molar-refractivity contribution in [1.29, 1.82) is 0 Å². The van der Waals surface area contributed by atoms with Gasteiger partial charge >= 0.3 is 6.09 Å². The predicted molar refractivity (Wildman–Crippen MR) is 79.5 cm³/mol. The Morgan fingerprint density at radius 1 is 1.27 bits per heavy atom. The summed E-state index contributed by atoms with van der Waals surface area (Å²) in [5, 5.41) is 31.5. The van der Waals surface area contributed by atoms with Crippen LogP contribution in [0.4, 0.5) is 21.9 Å². The van der Waals surface area contributed by atoms with Crippen LogP contribution in [-0.4, -0.2) is 27.6 Å². The molecule has 1 unspecified atom stereocenters. The highest BCUT2D eigenvalue weighted by atomic mass is 16.6. The van der Waals surface area contributed by atoms with Crippen molar-refractivity contribution in [1.82, 2.24) is 0 Å². The van der Waals surface area contributed by atoms with Gasteiger partial charge in [0.15, 0.2) is 0 Å². The normalized spacial score (nSPS) is 11.8. The molecule has 1 aromatic carbocycles. The number of nitro benzene ring substituents is 2. The number of carboxylic acid groups (broad SMARTS) is 1. The number of amides is 1. The first-order valence-corrected chi connectivity index (χ1v) is 6.71. The van der Waals surface area contributed by atoms with Crippen LogP contribution < -0.4 is 4.90 Å². The molecule has 0 bridgehead atoms. The lowest BCUT2D eigenvalue weighted by molar-refractivity contribution is -0.393. The second kappa shape index (κ2) is 6.83. The molecule has 1 atom stereocenters. The number of benzene rings is 1. The maximum atomic E-state index is 11.4. The number of non-ortho nitro benzene ring substituents is 1. The van der Waals surface area contributed by atoms with E-state index in [9.17, 15) is 30.1 Å². The second-order valence-corrected chi connectivity index (χ2v) is 4.75. The van der Waals surface area contributed by atoms with Gasteiger partial charge in [-0.15, -0.1) is 0 Å². The van der Waals surface area contributed by atoms with Crippen molar-refractivity contribution < 1.29 is 19.7 Å². The zero-order valence-electron chi connectivity index (χ0n) is 12.5. The number of nitrogens with zero attached hydrogens (tertiary/aromatic N) is 3. The van der Waals surface area contributed by atoms with Crippen LogP contribution in [0.25, 0.3) is 0 Å². The van der Waals surface area contributed by atoms with Gasteiger partial charge < -0.3 is 5.11 Å². The van der Waals surface area contributed by atoms with E-state index in [1.54, 1.807) is 13.8 Å². The minimum Gasteiger partial charge on any atom is -0.465 e. The summed E-state index contributed by atoms with van der Waals surface area (Å²) in [4.78, 5) is 32.9. The van der Waals surface area contributed by atoms with E-state index < -0.39 is 27.3 Å². The molecule has 1 amide bonds. The van der Waals surface area contributed by atoms with Crippen LogP contribution in [-0.2, 0) is 0 Å². The first-order valence-electron chi connectivity index (χ1n) is 6.71. The minimum atomic E-state index is -1.34. The Balaban J connectivity index is 3.78. The summed E-state index contributed by atoms with van der Waals surface area (Å²) in [5.74, 6) is -0.262. The summed E-state index contributed by atoms with van der Waals surface area (Å²) in [7, 11) is 0. The van der Waals surface area contributed by atoms with Crippen molar-refractivity contribution in [3.8, 4) is 0 Å². The SMILES string of the molecule is CCC(C)c1cc([N+](=O)[O-])cc([N+](=O)[O-])c1N(CC)C(=O)O. The van der Waals surface area contributed by atoms with Gasteiger partial charge in [-0.1, -0.05) is 13.8 Å². The molecule has 0 spiro atoms. The maximum Gasteiger partial charge on any atom is 0.412 e. The Hall–Kier alpha value is -2.71. The van der Waals surface area contributed by atoms with Gasteiger partial charge in [-0.2, -0.15) is 0 Å². The monoisotopic (exact) mass is 311 g/mol. The molecule has 0 aromatic heterocycles. The van der Waals surface area contributed by atoms with Crippen molar-refractivity contribution in [2.75, 3.05) is 11.4 Å². The molecule has 1 aromatic rings. The summed E-state index contributed by atoms with van der Waals surface area (Å²) < 4.78 is 0. The Morgan fingerprint density at radius 3 is 2.23 bits per heavy atom. The van der Waals surface area contributed by atoms with Gasteiger partial charge in [0.05, 0.1) is 15.9 Å². The van der Waals surface area contributed by atoms with E-state index in [1.807, 2.05) is 6.92 Å². The quantitative estimate of drug-likeness (QED) is 0.632. The van der Waals surface area contributed by atoms with E-state index in [4.69, 9.17) is 0 Å². The fourth-order valence-electron chi connectivity index (χ4n) is 2.15. The number of rotatable bonds is 6. The van der Waals surface area contributed by atoms with Gasteiger partial charge in [0.1, 0.15) is 5.69 Å². The summed E-state index contributed by atoms with van der Waals surface area (Å²) in [5.41, 5.74) is -0.812. The average molecular weight is 311 g/mol. The fourth-order valence-corrected chi connectivity index (χ4v) is 2.15. The van der Waals surface area contributed by atoms with E-state index in [0.717, 1.165) is 11.0 Å². The number of carbonyl (C=O) groups is 1. The Morgan fingerprint density at radius 2 is 1.86 bits per heavy atom. The van der Waals surface area contributed by atoms with Crippen LogP contribution in [0, 0.1) is 20.2 Å². The van der Waals surface area contributed by atoms with E-state index in [0.29, 0.717) is 6.42 Å². The van der Waals surface area contributed by atoms with Crippen molar-refractivity contribution in [2.45, 2.75) is 33.1 Å². The molecule has 9 nitrogen and oxygen atoms in total. The third kappa shape index (κ3) is 3.30. The Kier molecular flexibility index (Phi) is 5.39. The van der Waals surface area contributed by atoms with Crippen LogP contribution in [0.3, 0.4) is 0 Å². The molecule has 1 N–H and O–H groups in total. The molecule has 0 aliphatic heterocycles. The molecule has 22 heavy (non-hydrogen) atoms. The molecular weight excluding hydrogens is 294 g/mol. The van der Waals surface area contributed by atoms with E-state index >= 15 is 0 Å². The van der Waals surface area contributed by atoms with E-state index in [2.05, 4.69) is 0 Å². The molecule has 1 rings (SSSR count). The van der Waals surface area contributed by atoms with Crippen molar-refractivity contribution in [3.05, 3.63) is 37.9 Å². The summed E-state index contributed by atoms with van der Waals surface area (Å²) in [6.45, 7) is 5.09. The third-order valence-electron chi connectivity index (χ3n) is 3.47. The smallest absolute Gasteiger partial charge is 0.412 e. The van der Waals surface area contributed by atoms with Crippen molar-refractivity contribution in [3.63, 3.8) is 0 Å². The largest absolute Gasteiger partial charge is 0.465 e. The van der Waals surface area contributed by atoms with Gasteiger partial charge in [-0.25, -0.2) is 4.79 Å². The van der Waals surface area contributed by atoms with E-state index in [-0.39, 0.29) is 23.7 Å². The maximum absolute atomic E-state index is 11.4. The Labute approximate surface area is 126 Å². The zero-order chi connectivity index (χ0) is 17.0. The highest BCUT2D eigenvalue weighted by Gasteiger charge is 2.31. The molecule has 0 radical (unpaired) electrons. The van der Waals surface area contributed by atoms with Crippen molar-refractivity contribution in [2.24, 2.45) is 0 Å². The number of hydrogen-bond donors (Lipinski definition) is 1. The lowest BCUT2D eigenvalue weighted by Gasteiger charge is -2.22. The average Bonchev–Trinajstić information content (AvgIpc) is 2.46. The molecule has 0 saturated carbocycles. The van der Waals surface area contributed by atoms with Gasteiger partial charge in [0, 0.05) is 12.6 Å². The standard InChI is InChI=1S/C13H17N3O6/c1-4-8(3)10-6-9(15(19)20)7-11(16(21)22)12(10)14(5-2)13(17)18/h6-8H,4-5H2,1-3H3,(H,17,18). The lowest BCUT2D eigenvalue weighted by atomic mass is 9.94. The highest BCUT2D eigenvalue weighted by Crippen LogP contribution is 2.40. The van der Waals surface area contributed by atoms with Crippen LogP contribution in [0.5, 0.6) is 0 Å². The van der Waals surface area contributed by atoms with Crippen LogP contribution in [0.15, 0.2) is 12.1 Å². The molecule has 9 heteroatoms. The number of nitro groups is 2. The number of hydrogen-bond acceptors (Lipinski definition) is 5. The van der Waals surface area contributed by atoms with Crippen LogP contribution in [0.2, 0.25) is 0 Å². The summed E-state index contributed by atoms with van der Waals surface area (Å²) >= 11 is 0. The predicted octanol–water partition coefficient (Wildman–Crippen LogP) is 3.52. The molecular formula is C13H17N3O6. The summed E-state index contributed by atoms with van der Waals surface area (Å²) in [6, 6.07) is 2.01. The first-order chi connectivity index (χ1) is 10.2. The van der Waals surface area contributed by atoms with Gasteiger partial charge in [-0.05, 0) is 24.8 Å². The lowest BCUT2D eigenvalue weighted by Crippen LogP contribution is -2.30. The molecule has 0 aliphatic rings. The van der Waals surface area contributed by atoms with Crippen LogP contribution >= 0.6 is 0 Å². The minimum absolute atomic E-state index is 0.00256. The zero-order valence-corrected chi connectivity index (χ0v) is 12.5. The summed E-state index contributed by atoms with van der Waals surface area (Å²) in [6.07, 6.45) is -0.785. The topological polar surface area (TPSA) is 127 Å². The van der Waals surface area contributed by atoms with Gasteiger partial charge in [-0.3, -0.25) is 25.1 Å².